The summed E-state index contributed by atoms with van der Waals surface area (Å²) in [5, 5.41) is 9.99. The maximum Gasteiger partial charge on any atom is 0.298 e. The van der Waals surface area contributed by atoms with Crippen molar-refractivity contribution in [1.29, 1.82) is 0 Å². The van der Waals surface area contributed by atoms with Crippen LogP contribution in [0.2, 0.25) is 10.0 Å². The number of hydrogen-bond acceptors (Lipinski definition) is 5. The number of phenolic OH excluding ortho intramolecular Hbond substituents is 1. The van der Waals surface area contributed by atoms with Crippen LogP contribution in [0.5, 0.6) is 5.75 Å². The molecule has 2 aromatic carbocycles. The summed E-state index contributed by atoms with van der Waals surface area (Å²) in [6.45, 7) is 0. The molecule has 1 aliphatic rings. The van der Waals surface area contributed by atoms with Gasteiger partial charge in [-0.05, 0) is 54.2 Å². The van der Waals surface area contributed by atoms with Crippen molar-refractivity contribution >= 4 is 57.9 Å². The Kier molecular flexibility index (Phi) is 4.93. The van der Waals surface area contributed by atoms with Crippen molar-refractivity contribution in [3.05, 3.63) is 75.3 Å². The minimum absolute atomic E-state index is 0.0298. The molecule has 140 valence electrons. The fourth-order valence-corrected chi connectivity index (χ4v) is 3.81. The van der Waals surface area contributed by atoms with Gasteiger partial charge in [0.1, 0.15) is 17.3 Å². The van der Waals surface area contributed by atoms with Gasteiger partial charge in [-0.15, -0.1) is 0 Å². The Balaban J connectivity index is 1.61. The number of rotatable bonds is 3. The first-order chi connectivity index (χ1) is 13.4. The molecule has 0 aliphatic carbocycles. The summed E-state index contributed by atoms with van der Waals surface area (Å²) in [5.74, 6) is 0.463. The Labute approximate surface area is 174 Å². The number of hydrogen-bond donors (Lipinski definition) is 1. The summed E-state index contributed by atoms with van der Waals surface area (Å²) >= 11 is 12.8. The standard InChI is InChI=1S/C20H11Cl2NO4S/c21-15-6-4-11(8-16(15)22)17-7-5-14(27-17)10-18-19(25)23(20(26)28-18)12-2-1-3-13(24)9-12/h1-10,24H. The molecule has 3 aromatic rings. The molecule has 8 heteroatoms. The number of carbonyl (C=O) groups is 2. The predicted molar refractivity (Wildman–Crippen MR) is 111 cm³/mol. The van der Waals surface area contributed by atoms with Gasteiger partial charge in [-0.3, -0.25) is 9.59 Å². The number of benzene rings is 2. The van der Waals surface area contributed by atoms with Crippen molar-refractivity contribution < 1.29 is 19.1 Å². The molecule has 1 fully saturated rings. The third-order valence-corrected chi connectivity index (χ3v) is 5.59. The molecule has 0 radical (unpaired) electrons. The third kappa shape index (κ3) is 3.54. The zero-order valence-electron chi connectivity index (χ0n) is 14.1. The van der Waals surface area contributed by atoms with E-state index in [0.717, 1.165) is 22.2 Å². The normalized spacial score (nSPS) is 15.6. The van der Waals surface area contributed by atoms with E-state index in [1.807, 2.05) is 0 Å². The molecule has 0 unspecified atom stereocenters. The van der Waals surface area contributed by atoms with Crippen LogP contribution >= 0.6 is 35.0 Å². The van der Waals surface area contributed by atoms with Gasteiger partial charge in [0.05, 0.1) is 20.6 Å². The number of anilines is 1. The van der Waals surface area contributed by atoms with Crippen LogP contribution in [0.4, 0.5) is 10.5 Å². The van der Waals surface area contributed by atoms with Gasteiger partial charge in [-0.1, -0.05) is 29.3 Å². The minimum Gasteiger partial charge on any atom is -0.508 e. The molecule has 0 atom stereocenters. The van der Waals surface area contributed by atoms with E-state index in [0.29, 0.717) is 27.3 Å². The lowest BCUT2D eigenvalue weighted by Gasteiger charge is -2.12. The number of furan rings is 1. The van der Waals surface area contributed by atoms with Crippen molar-refractivity contribution in [3.63, 3.8) is 0 Å². The largest absolute Gasteiger partial charge is 0.508 e. The average Bonchev–Trinajstić information content (AvgIpc) is 3.22. The summed E-state index contributed by atoms with van der Waals surface area (Å²) in [5.41, 5.74) is 1.05. The Bertz CT molecular complexity index is 1140. The van der Waals surface area contributed by atoms with Gasteiger partial charge in [0.25, 0.3) is 11.1 Å². The molecule has 2 amide bonds. The molecule has 5 nitrogen and oxygen atoms in total. The van der Waals surface area contributed by atoms with E-state index in [-0.39, 0.29) is 10.7 Å². The van der Waals surface area contributed by atoms with Gasteiger partial charge in [-0.2, -0.15) is 0 Å². The predicted octanol–water partition coefficient (Wildman–Crippen LogP) is 6.20. The molecule has 0 bridgehead atoms. The first-order valence-corrected chi connectivity index (χ1v) is 9.62. The van der Waals surface area contributed by atoms with Crippen molar-refractivity contribution in [2.24, 2.45) is 0 Å². The van der Waals surface area contributed by atoms with E-state index in [9.17, 15) is 14.7 Å². The van der Waals surface area contributed by atoms with Crippen LogP contribution in [0.25, 0.3) is 17.4 Å². The van der Waals surface area contributed by atoms with E-state index in [4.69, 9.17) is 27.6 Å². The topological polar surface area (TPSA) is 70.8 Å². The molecule has 2 heterocycles. The van der Waals surface area contributed by atoms with E-state index in [1.54, 1.807) is 42.5 Å². The van der Waals surface area contributed by atoms with Crippen LogP contribution in [0.1, 0.15) is 5.76 Å². The molecule has 4 rings (SSSR count). The lowest BCUT2D eigenvalue weighted by Crippen LogP contribution is -2.27. The van der Waals surface area contributed by atoms with Crippen LogP contribution in [-0.2, 0) is 4.79 Å². The smallest absolute Gasteiger partial charge is 0.298 e. The number of nitrogens with zero attached hydrogens (tertiary/aromatic N) is 1. The zero-order chi connectivity index (χ0) is 19.8. The first-order valence-electron chi connectivity index (χ1n) is 8.04. The van der Waals surface area contributed by atoms with Crippen LogP contribution in [-0.4, -0.2) is 16.3 Å². The molecule has 1 saturated heterocycles. The average molecular weight is 432 g/mol. The minimum atomic E-state index is -0.479. The molecule has 1 aromatic heterocycles. The number of thioether (sulfide) groups is 1. The van der Waals surface area contributed by atoms with Crippen molar-refractivity contribution in [2.75, 3.05) is 4.90 Å². The monoisotopic (exact) mass is 431 g/mol. The SMILES string of the molecule is O=C1SC(=Cc2ccc(-c3ccc(Cl)c(Cl)c3)o2)C(=O)N1c1cccc(O)c1. The van der Waals surface area contributed by atoms with Crippen LogP contribution in [0, 0.1) is 0 Å². The Hall–Kier alpha value is -2.67. The quantitative estimate of drug-likeness (QED) is 0.499. The van der Waals surface area contributed by atoms with E-state index in [2.05, 4.69) is 0 Å². The molecule has 0 spiro atoms. The molecule has 1 N–H and O–H groups in total. The molecular weight excluding hydrogens is 421 g/mol. The van der Waals surface area contributed by atoms with Gasteiger partial charge in [0.15, 0.2) is 0 Å². The summed E-state index contributed by atoms with van der Waals surface area (Å²) in [6.07, 6.45) is 1.51. The number of aromatic hydroxyl groups is 1. The summed E-state index contributed by atoms with van der Waals surface area (Å²) in [7, 11) is 0. The van der Waals surface area contributed by atoms with Gasteiger partial charge in [0.2, 0.25) is 0 Å². The maximum absolute atomic E-state index is 12.7. The van der Waals surface area contributed by atoms with Crippen LogP contribution < -0.4 is 4.90 Å². The third-order valence-electron chi connectivity index (χ3n) is 3.99. The Morgan fingerprint density at radius 2 is 1.82 bits per heavy atom. The second-order valence-corrected chi connectivity index (χ2v) is 7.68. The van der Waals surface area contributed by atoms with E-state index >= 15 is 0 Å². The molecule has 28 heavy (non-hydrogen) atoms. The lowest BCUT2D eigenvalue weighted by atomic mass is 10.2. The van der Waals surface area contributed by atoms with Gasteiger partial charge < -0.3 is 9.52 Å². The number of carbonyl (C=O) groups excluding carboxylic acids is 2. The zero-order valence-corrected chi connectivity index (χ0v) is 16.4. The fraction of sp³-hybridized carbons (Fsp3) is 0. The summed E-state index contributed by atoms with van der Waals surface area (Å²) in [4.78, 5) is 26.2. The van der Waals surface area contributed by atoms with Gasteiger partial charge >= 0.3 is 0 Å². The molecule has 0 saturated carbocycles. The number of phenols is 1. The lowest BCUT2D eigenvalue weighted by molar-refractivity contribution is -0.113. The van der Waals surface area contributed by atoms with Gasteiger partial charge in [-0.25, -0.2) is 4.90 Å². The van der Waals surface area contributed by atoms with Crippen molar-refractivity contribution in [2.45, 2.75) is 0 Å². The van der Waals surface area contributed by atoms with Crippen LogP contribution in [0.3, 0.4) is 0 Å². The highest BCUT2D eigenvalue weighted by molar-refractivity contribution is 8.19. The van der Waals surface area contributed by atoms with E-state index < -0.39 is 11.1 Å². The Morgan fingerprint density at radius 3 is 2.57 bits per heavy atom. The van der Waals surface area contributed by atoms with Gasteiger partial charge in [0, 0.05) is 17.7 Å². The van der Waals surface area contributed by atoms with E-state index in [1.165, 1.54) is 18.2 Å². The summed E-state index contributed by atoms with van der Waals surface area (Å²) < 4.78 is 5.76. The highest BCUT2D eigenvalue weighted by atomic mass is 35.5. The summed E-state index contributed by atoms with van der Waals surface area (Å²) in [6, 6.07) is 14.5. The number of imide groups is 1. The maximum atomic E-state index is 12.7. The molecular formula is C20H11Cl2NO4S. The number of amides is 2. The highest BCUT2D eigenvalue weighted by Gasteiger charge is 2.36. The van der Waals surface area contributed by atoms with Crippen molar-refractivity contribution in [3.8, 4) is 17.1 Å². The Morgan fingerprint density at radius 1 is 1.00 bits per heavy atom. The second-order valence-electron chi connectivity index (χ2n) is 5.87. The highest BCUT2D eigenvalue weighted by Crippen LogP contribution is 2.37. The van der Waals surface area contributed by atoms with Crippen molar-refractivity contribution in [1.82, 2.24) is 0 Å². The van der Waals surface area contributed by atoms with Crippen LogP contribution in [0.15, 0.2) is 63.9 Å². The number of halogens is 2. The first kappa shape index (κ1) is 18.7. The molecule has 1 aliphatic heterocycles. The second kappa shape index (κ2) is 7.39. The fourth-order valence-electron chi connectivity index (χ4n) is 2.69.